The van der Waals surface area contributed by atoms with Gasteiger partial charge in [-0.1, -0.05) is 30.3 Å². The van der Waals surface area contributed by atoms with Crippen molar-refractivity contribution in [2.75, 3.05) is 5.73 Å². The summed E-state index contributed by atoms with van der Waals surface area (Å²) in [4.78, 5) is 11.2. The third kappa shape index (κ3) is 2.69. The van der Waals surface area contributed by atoms with Gasteiger partial charge in [-0.2, -0.15) is 0 Å². The molecule has 6 heteroatoms. The van der Waals surface area contributed by atoms with E-state index in [-0.39, 0.29) is 22.7 Å². The molecule has 0 spiro atoms. The van der Waals surface area contributed by atoms with Gasteiger partial charge in [0.05, 0.1) is 5.56 Å². The molecule has 0 unspecified atom stereocenters. The fourth-order valence-electron chi connectivity index (χ4n) is 2.31. The zero-order valence-electron chi connectivity index (χ0n) is 12.0. The van der Waals surface area contributed by atoms with Gasteiger partial charge in [-0.05, 0) is 29.7 Å². The van der Waals surface area contributed by atoms with Crippen molar-refractivity contribution in [1.29, 1.82) is 0 Å². The van der Waals surface area contributed by atoms with E-state index in [4.69, 9.17) is 10.8 Å². The van der Waals surface area contributed by atoms with Crippen LogP contribution in [0.4, 0.5) is 17.1 Å². The third-order valence-electron chi connectivity index (χ3n) is 3.43. The molecule has 0 saturated carbocycles. The fourth-order valence-corrected chi connectivity index (χ4v) is 2.31. The molecule has 3 aromatic carbocycles. The second-order valence-corrected chi connectivity index (χ2v) is 4.90. The maximum absolute atomic E-state index is 11.2. The van der Waals surface area contributed by atoms with E-state index < -0.39 is 5.97 Å². The number of hydrogen-bond acceptors (Lipinski definition) is 5. The van der Waals surface area contributed by atoms with E-state index in [0.29, 0.717) is 11.1 Å². The molecule has 4 N–H and O–H groups in total. The zero-order valence-corrected chi connectivity index (χ0v) is 12.0. The lowest BCUT2D eigenvalue weighted by Gasteiger charge is -2.06. The first-order chi connectivity index (χ1) is 11.1. The molecule has 0 heterocycles. The van der Waals surface area contributed by atoms with Gasteiger partial charge >= 0.3 is 5.97 Å². The Morgan fingerprint density at radius 2 is 1.65 bits per heavy atom. The minimum atomic E-state index is -1.09. The summed E-state index contributed by atoms with van der Waals surface area (Å²) in [6.07, 6.45) is 0. The number of phenolic OH excluding ortho intramolecular Hbond substituents is 1. The maximum Gasteiger partial charge on any atom is 0.337 e. The molecule has 0 amide bonds. The molecule has 0 fully saturated rings. The molecule has 0 bridgehead atoms. The van der Waals surface area contributed by atoms with Crippen molar-refractivity contribution < 1.29 is 15.0 Å². The Morgan fingerprint density at radius 1 is 0.913 bits per heavy atom. The number of carbonyl (C=O) groups is 1. The smallest absolute Gasteiger partial charge is 0.337 e. The van der Waals surface area contributed by atoms with Gasteiger partial charge < -0.3 is 15.9 Å². The number of aromatic carboxylic acids is 1. The Balaban J connectivity index is 2.07. The van der Waals surface area contributed by atoms with Crippen molar-refractivity contribution in [3.8, 4) is 5.75 Å². The lowest BCUT2D eigenvalue weighted by Crippen LogP contribution is -1.95. The molecule has 0 aliphatic carbocycles. The average Bonchev–Trinajstić information content (AvgIpc) is 2.54. The molecule has 3 rings (SSSR count). The molecule has 0 atom stereocenters. The molecule has 0 aromatic heterocycles. The van der Waals surface area contributed by atoms with Crippen LogP contribution in [0.2, 0.25) is 0 Å². The van der Waals surface area contributed by atoms with Crippen LogP contribution in [0, 0.1) is 0 Å². The standard InChI is InChI=1S/C17H13N3O3/c18-12-6-3-4-10-8-9-14(16(21)15(10)12)20-19-13-7-2-1-5-11(13)17(22)23/h1-9,21H,18H2,(H,22,23). The van der Waals surface area contributed by atoms with E-state index in [9.17, 15) is 9.90 Å². The van der Waals surface area contributed by atoms with E-state index in [0.717, 1.165) is 5.39 Å². The average molecular weight is 307 g/mol. The number of aromatic hydroxyl groups is 1. The van der Waals surface area contributed by atoms with E-state index in [1.54, 1.807) is 42.5 Å². The van der Waals surface area contributed by atoms with Gasteiger partial charge in [0.1, 0.15) is 11.4 Å². The number of phenols is 1. The van der Waals surface area contributed by atoms with Crippen LogP contribution in [0.1, 0.15) is 10.4 Å². The number of hydrogen-bond donors (Lipinski definition) is 3. The van der Waals surface area contributed by atoms with E-state index in [1.807, 2.05) is 6.07 Å². The quantitative estimate of drug-likeness (QED) is 0.496. The van der Waals surface area contributed by atoms with Crippen LogP contribution in [0.5, 0.6) is 5.75 Å². The summed E-state index contributed by atoms with van der Waals surface area (Å²) in [7, 11) is 0. The van der Waals surface area contributed by atoms with Crippen LogP contribution in [-0.2, 0) is 0 Å². The first kappa shape index (κ1) is 14.5. The summed E-state index contributed by atoms with van der Waals surface area (Å²) in [6.45, 7) is 0. The molecule has 6 nitrogen and oxygen atoms in total. The van der Waals surface area contributed by atoms with Gasteiger partial charge in [0.15, 0.2) is 5.75 Å². The van der Waals surface area contributed by atoms with Gasteiger partial charge in [-0.25, -0.2) is 4.79 Å². The van der Waals surface area contributed by atoms with Gasteiger partial charge in [-0.15, -0.1) is 10.2 Å². The van der Waals surface area contributed by atoms with Crippen LogP contribution < -0.4 is 5.73 Å². The number of carboxylic acids is 1. The fraction of sp³-hybridized carbons (Fsp3) is 0. The molecule has 3 aromatic rings. The highest BCUT2D eigenvalue weighted by molar-refractivity contribution is 6.00. The third-order valence-corrected chi connectivity index (χ3v) is 3.43. The molecule has 23 heavy (non-hydrogen) atoms. The van der Waals surface area contributed by atoms with Gasteiger partial charge in [0.2, 0.25) is 0 Å². The number of rotatable bonds is 3. The minimum Gasteiger partial charge on any atom is -0.505 e. The largest absolute Gasteiger partial charge is 0.505 e. The summed E-state index contributed by atoms with van der Waals surface area (Å²) < 4.78 is 0. The number of carboxylic acid groups (broad SMARTS) is 1. The monoisotopic (exact) mass is 307 g/mol. The SMILES string of the molecule is Nc1cccc2ccc(N=Nc3ccccc3C(=O)O)c(O)c12. The van der Waals surface area contributed by atoms with Crippen molar-refractivity contribution in [3.63, 3.8) is 0 Å². The summed E-state index contributed by atoms with van der Waals surface area (Å²) in [5.74, 6) is -1.18. The zero-order chi connectivity index (χ0) is 16.4. The molecule has 114 valence electrons. The Bertz CT molecular complexity index is 936. The Kier molecular flexibility index (Phi) is 3.64. The van der Waals surface area contributed by atoms with Gasteiger partial charge in [-0.3, -0.25) is 0 Å². The molecule has 0 radical (unpaired) electrons. The second kappa shape index (κ2) is 5.76. The number of azo groups is 1. The second-order valence-electron chi connectivity index (χ2n) is 4.90. The van der Waals surface area contributed by atoms with E-state index in [1.165, 1.54) is 6.07 Å². The van der Waals surface area contributed by atoms with Crippen LogP contribution in [-0.4, -0.2) is 16.2 Å². The Morgan fingerprint density at radius 3 is 2.43 bits per heavy atom. The van der Waals surface area contributed by atoms with Crippen LogP contribution >= 0.6 is 0 Å². The first-order valence-corrected chi connectivity index (χ1v) is 6.82. The number of benzene rings is 3. The Hall–Kier alpha value is -3.41. The normalized spacial score (nSPS) is 11.1. The molecule has 0 aliphatic heterocycles. The summed E-state index contributed by atoms with van der Waals surface area (Å²) >= 11 is 0. The number of fused-ring (bicyclic) bond motifs is 1. The number of nitrogen functional groups attached to an aromatic ring is 1. The summed E-state index contributed by atoms with van der Waals surface area (Å²) in [5, 5.41) is 28.6. The highest BCUT2D eigenvalue weighted by atomic mass is 16.4. The van der Waals surface area contributed by atoms with E-state index >= 15 is 0 Å². The van der Waals surface area contributed by atoms with Crippen molar-refractivity contribution >= 4 is 33.8 Å². The lowest BCUT2D eigenvalue weighted by molar-refractivity contribution is 0.0697. The highest BCUT2D eigenvalue weighted by Gasteiger charge is 2.10. The topological polar surface area (TPSA) is 108 Å². The van der Waals surface area contributed by atoms with Crippen LogP contribution in [0.3, 0.4) is 0 Å². The molecular weight excluding hydrogens is 294 g/mol. The number of nitrogens with two attached hydrogens (primary N) is 1. The number of nitrogens with zero attached hydrogens (tertiary/aromatic N) is 2. The molecule has 0 saturated heterocycles. The van der Waals surface area contributed by atoms with Gasteiger partial charge in [0.25, 0.3) is 0 Å². The predicted molar refractivity (Wildman–Crippen MR) is 87.6 cm³/mol. The highest BCUT2D eigenvalue weighted by Crippen LogP contribution is 2.38. The van der Waals surface area contributed by atoms with Crippen LogP contribution in [0.25, 0.3) is 10.8 Å². The predicted octanol–water partition coefficient (Wildman–Crippen LogP) is 4.24. The molecule has 0 aliphatic rings. The summed E-state index contributed by atoms with van der Waals surface area (Å²) in [5.41, 5.74) is 6.79. The summed E-state index contributed by atoms with van der Waals surface area (Å²) in [6, 6.07) is 14.9. The van der Waals surface area contributed by atoms with Crippen molar-refractivity contribution in [3.05, 3.63) is 60.2 Å². The molecular formula is C17H13N3O3. The lowest BCUT2D eigenvalue weighted by atomic mass is 10.1. The van der Waals surface area contributed by atoms with Crippen LogP contribution in [0.15, 0.2) is 64.8 Å². The minimum absolute atomic E-state index is 0.0380. The van der Waals surface area contributed by atoms with Crippen molar-refractivity contribution in [2.45, 2.75) is 0 Å². The maximum atomic E-state index is 11.2. The van der Waals surface area contributed by atoms with Crippen molar-refractivity contribution in [2.24, 2.45) is 10.2 Å². The first-order valence-electron chi connectivity index (χ1n) is 6.82. The van der Waals surface area contributed by atoms with Gasteiger partial charge in [0, 0.05) is 11.1 Å². The Labute approximate surface area is 131 Å². The van der Waals surface area contributed by atoms with E-state index in [2.05, 4.69) is 10.2 Å². The van der Waals surface area contributed by atoms with Crippen molar-refractivity contribution in [1.82, 2.24) is 0 Å². The number of anilines is 1.